The van der Waals surface area contributed by atoms with Gasteiger partial charge in [0.1, 0.15) is 30.4 Å². The molecule has 0 radical (unpaired) electrons. The summed E-state index contributed by atoms with van der Waals surface area (Å²) in [6, 6.07) is 21.4. The first-order valence-corrected chi connectivity index (χ1v) is 28.2. The fraction of sp³-hybridized carbons (Fsp3) is 0.491. The van der Waals surface area contributed by atoms with Gasteiger partial charge in [-0.2, -0.15) is 0 Å². The number of aryl methyl sites for hydroxylation is 1. The summed E-state index contributed by atoms with van der Waals surface area (Å²) in [5, 5.41) is 47.1. The van der Waals surface area contributed by atoms with E-state index in [1.54, 1.807) is 35.0 Å². The van der Waals surface area contributed by atoms with E-state index in [0.29, 0.717) is 47.4 Å². The number of aliphatic hydroxyl groups is 2. The number of hydrogen-bond donors (Lipinski definition) is 5. The molecule has 21 heteroatoms. The number of anilines is 3. The maximum atomic E-state index is 14.3. The molecule has 1 saturated carbocycles. The van der Waals surface area contributed by atoms with Crippen LogP contribution < -0.4 is 30.3 Å². The summed E-state index contributed by atoms with van der Waals surface area (Å²) >= 11 is 1.55. The van der Waals surface area contributed by atoms with Gasteiger partial charge in [0.15, 0.2) is 11.6 Å². The summed E-state index contributed by atoms with van der Waals surface area (Å²) in [6.45, 7) is 9.80. The van der Waals surface area contributed by atoms with Crippen molar-refractivity contribution in [1.82, 2.24) is 40.4 Å². The molecule has 6 aromatic rings. The predicted octanol–water partition coefficient (Wildman–Crippen LogP) is 6.12. The number of aliphatic hydroxyl groups excluding tert-OH is 2. The minimum absolute atomic E-state index is 0.00727. The van der Waals surface area contributed by atoms with Crippen molar-refractivity contribution in [1.29, 1.82) is 0 Å². The average molecular weight is 1080 g/mol. The first kappa shape index (κ1) is 53.1. The minimum atomic E-state index is -0.939. The van der Waals surface area contributed by atoms with Crippen LogP contribution in [0.4, 0.5) is 17.2 Å². The number of pyridine rings is 1. The van der Waals surface area contributed by atoms with E-state index < -0.39 is 30.0 Å². The molecule has 2 aromatic carbocycles. The molecule has 4 aliphatic heterocycles. The SMILES string of the molecule is Cc1ncsc1-c1ccc([C@H](CO)NC(=O)[C@@H]2C[C@@H](O)CN2C(=O)[C@H](c2cc(OCCN3CCC(OC4CC(Oc5cc(N6C7CCC6CN(c6cc(-c8ccccc8O)nnc6N)C7)ccn5)C4)CC3)no2)C(C)C)cc1. The van der Waals surface area contributed by atoms with Crippen LogP contribution in [0.25, 0.3) is 21.7 Å². The van der Waals surface area contributed by atoms with E-state index >= 15 is 0 Å². The van der Waals surface area contributed by atoms with Crippen LogP contribution in [0, 0.1) is 12.8 Å². The van der Waals surface area contributed by atoms with Crippen molar-refractivity contribution in [2.45, 2.75) is 120 Å². The van der Waals surface area contributed by atoms with Crippen molar-refractivity contribution in [2.75, 3.05) is 68.0 Å². The number of β-amino-alcohol motifs (C(OH)–C–C–N with tert-alkyl or cyclic N) is 1. The van der Waals surface area contributed by atoms with Crippen molar-refractivity contribution in [3.63, 3.8) is 0 Å². The second kappa shape index (κ2) is 23.2. The number of carbonyl (C=O) groups is 2. The number of aromatic nitrogens is 5. The number of benzene rings is 2. The van der Waals surface area contributed by atoms with Crippen molar-refractivity contribution in [3.05, 3.63) is 102 Å². The zero-order valence-corrected chi connectivity index (χ0v) is 45.1. The van der Waals surface area contributed by atoms with Crippen molar-refractivity contribution < 1.29 is 43.6 Å². The fourth-order valence-corrected chi connectivity index (χ4v) is 12.8. The van der Waals surface area contributed by atoms with Gasteiger partial charge in [0, 0.05) is 100 Å². The third-order valence-corrected chi connectivity index (χ3v) is 17.1. The van der Waals surface area contributed by atoms with Gasteiger partial charge in [-0.05, 0) is 79.1 Å². The van der Waals surface area contributed by atoms with Crippen LogP contribution in [-0.2, 0) is 14.3 Å². The molecule has 412 valence electrons. The number of piperidine rings is 1. The highest BCUT2D eigenvalue weighted by Crippen LogP contribution is 2.41. The molecule has 4 aromatic heterocycles. The number of amides is 2. The summed E-state index contributed by atoms with van der Waals surface area (Å²) in [6.07, 6.45) is 7.00. The normalized spacial score (nSPS) is 23.3. The Morgan fingerprint density at radius 3 is 2.38 bits per heavy atom. The van der Waals surface area contributed by atoms with E-state index in [4.69, 9.17) is 24.5 Å². The van der Waals surface area contributed by atoms with Gasteiger partial charge in [-0.25, -0.2) is 9.97 Å². The number of aromatic hydroxyl groups is 1. The zero-order chi connectivity index (χ0) is 54.0. The molecule has 78 heavy (non-hydrogen) atoms. The summed E-state index contributed by atoms with van der Waals surface area (Å²) in [7, 11) is 0. The molecule has 8 heterocycles. The van der Waals surface area contributed by atoms with Crippen molar-refractivity contribution in [2.24, 2.45) is 5.92 Å². The van der Waals surface area contributed by atoms with Crippen LogP contribution in [-0.4, -0.2) is 157 Å². The number of hydrogen-bond acceptors (Lipinski definition) is 19. The van der Waals surface area contributed by atoms with Gasteiger partial charge in [0.2, 0.25) is 17.7 Å². The largest absolute Gasteiger partial charge is 0.507 e. The van der Waals surface area contributed by atoms with Crippen LogP contribution in [0.3, 0.4) is 0 Å². The Kier molecular flexibility index (Phi) is 15.8. The minimum Gasteiger partial charge on any atom is -0.507 e. The standard InChI is InChI=1S/C57H69N11O9S/c1-33(2)53(57(73)67-30-40(70)23-48(67)56(72)61-46(31-69)35-8-10-36(11-9-35)54-34(3)60-32-78-54)50-27-52(64-77-50)74-21-20-65-18-15-41(16-19-65)75-42-24-43(25-42)76-51-22-37(14-17-59-51)68-38-12-13-39(68)29-66(28-38)47-26-45(62-63-55(47)58)44-6-4-5-7-49(44)71/h4-11,14,17,22,26-27,32-33,38-43,46,48,53,69-71H,12-13,15-16,18-21,23-25,28-31H2,1-3H3,(H2,58,63)(H,61,72)/t38?,39?,40-,42?,43?,46+,48+,53+/m1/s1. The molecule has 5 fully saturated rings. The summed E-state index contributed by atoms with van der Waals surface area (Å²) in [5.41, 5.74) is 14.0. The van der Waals surface area contributed by atoms with E-state index in [9.17, 15) is 24.9 Å². The number of nitrogens with one attached hydrogen (secondary N) is 1. The van der Waals surface area contributed by atoms with Crippen LogP contribution in [0.1, 0.15) is 87.8 Å². The first-order chi connectivity index (χ1) is 37.8. The number of phenolic OH excluding ortho intramolecular Hbond substituents is 1. The van der Waals surface area contributed by atoms with Crippen LogP contribution >= 0.6 is 11.3 Å². The molecule has 6 atom stereocenters. The molecular weight excluding hydrogens is 1010 g/mol. The Morgan fingerprint density at radius 2 is 1.67 bits per heavy atom. The first-order valence-electron chi connectivity index (χ1n) is 27.3. The zero-order valence-electron chi connectivity index (χ0n) is 44.3. The number of phenols is 1. The third-order valence-electron chi connectivity index (χ3n) is 16.2. The van der Waals surface area contributed by atoms with Gasteiger partial charge < -0.3 is 59.8 Å². The molecule has 2 bridgehead atoms. The van der Waals surface area contributed by atoms with Crippen LogP contribution in [0.5, 0.6) is 17.5 Å². The molecule has 20 nitrogen and oxygen atoms in total. The lowest BCUT2D eigenvalue weighted by molar-refractivity contribution is -0.141. The van der Waals surface area contributed by atoms with Gasteiger partial charge in [0.25, 0.3) is 5.88 Å². The van der Waals surface area contributed by atoms with Crippen molar-refractivity contribution >= 4 is 40.3 Å². The second-order valence-electron chi connectivity index (χ2n) is 21.7. The molecule has 6 N–H and O–H groups in total. The molecule has 4 saturated heterocycles. The molecule has 2 amide bonds. The number of para-hydroxylation sites is 1. The molecule has 1 aliphatic carbocycles. The number of fused-ring (bicyclic) bond motifs is 2. The smallest absolute Gasteiger partial charge is 0.254 e. The topological polar surface area (TPSA) is 251 Å². The Morgan fingerprint density at radius 1 is 0.897 bits per heavy atom. The highest BCUT2D eigenvalue weighted by Gasteiger charge is 2.45. The van der Waals surface area contributed by atoms with Gasteiger partial charge in [-0.1, -0.05) is 50.2 Å². The number of carbonyl (C=O) groups excluding carboxylic acids is 2. The van der Waals surface area contributed by atoms with Crippen LogP contribution in [0.2, 0.25) is 0 Å². The Hall–Kier alpha value is -6.91. The monoisotopic (exact) mass is 1080 g/mol. The Balaban J connectivity index is 0.604. The highest BCUT2D eigenvalue weighted by atomic mass is 32.1. The van der Waals surface area contributed by atoms with Gasteiger partial charge in [-0.15, -0.1) is 21.5 Å². The number of nitrogens with zero attached hydrogens (tertiary/aromatic N) is 9. The van der Waals surface area contributed by atoms with E-state index in [0.717, 1.165) is 92.2 Å². The number of ether oxygens (including phenoxy) is 3. The van der Waals surface area contributed by atoms with Gasteiger partial charge >= 0.3 is 0 Å². The van der Waals surface area contributed by atoms with E-state index in [2.05, 4.69) is 57.5 Å². The molecule has 0 spiro atoms. The predicted molar refractivity (Wildman–Crippen MR) is 293 cm³/mol. The number of nitrogens with two attached hydrogens (primary N) is 1. The molecular formula is C57H69N11O9S. The summed E-state index contributed by atoms with van der Waals surface area (Å²) in [4.78, 5) is 46.6. The number of likely N-dealkylation sites (tertiary alicyclic amines) is 2. The van der Waals surface area contributed by atoms with Crippen LogP contribution in [0.15, 0.2) is 89.0 Å². The highest BCUT2D eigenvalue weighted by molar-refractivity contribution is 7.13. The quantitative estimate of drug-likeness (QED) is 0.0612. The lowest BCUT2D eigenvalue weighted by atomic mass is 9.91. The second-order valence-corrected chi connectivity index (χ2v) is 22.6. The average Bonchev–Trinajstić information content (AvgIpc) is 4.26. The summed E-state index contributed by atoms with van der Waals surface area (Å²) in [5.74, 6) is -0.0271. The molecule has 5 aliphatic rings. The number of rotatable bonds is 19. The molecule has 11 rings (SSSR count). The maximum Gasteiger partial charge on any atom is 0.254 e. The maximum absolute atomic E-state index is 14.3. The number of nitrogen functional groups attached to an aromatic ring is 1. The van der Waals surface area contributed by atoms with E-state index in [1.165, 1.54) is 4.90 Å². The van der Waals surface area contributed by atoms with Gasteiger partial charge in [0.05, 0.1) is 58.4 Å². The van der Waals surface area contributed by atoms with Gasteiger partial charge in [-0.3, -0.25) is 14.5 Å². The van der Waals surface area contributed by atoms with Crippen molar-refractivity contribution in [3.8, 4) is 39.2 Å². The Labute approximate surface area is 457 Å². The number of piperazine rings is 1. The third kappa shape index (κ3) is 11.5. The fourth-order valence-electron chi connectivity index (χ4n) is 12.0. The van der Waals surface area contributed by atoms with E-state index in [-0.39, 0.29) is 73.4 Å². The lowest BCUT2D eigenvalue weighted by Crippen LogP contribution is -2.54. The number of thiazole rings is 1. The Bertz CT molecular complexity index is 3020. The van der Waals surface area contributed by atoms with E-state index in [1.807, 2.05) is 69.4 Å². The lowest BCUT2D eigenvalue weighted by Gasteiger charge is -2.43. The molecule has 2 unspecified atom stereocenters. The summed E-state index contributed by atoms with van der Waals surface area (Å²) < 4.78 is 24.7.